The third-order valence-electron chi connectivity index (χ3n) is 2.54. The Kier molecular flexibility index (Phi) is 4.17. The highest BCUT2D eigenvalue weighted by Gasteiger charge is 2.30. The van der Waals surface area contributed by atoms with E-state index in [0.717, 1.165) is 0 Å². The number of hydrogen-bond donors (Lipinski definition) is 3. The Hall–Kier alpha value is -1.46. The predicted octanol–water partition coefficient (Wildman–Crippen LogP) is 1.97. The van der Waals surface area contributed by atoms with E-state index >= 15 is 0 Å². The monoisotopic (exact) mass is 297 g/mol. The van der Waals surface area contributed by atoms with Crippen LogP contribution in [-0.4, -0.2) is 16.0 Å². The van der Waals surface area contributed by atoms with Gasteiger partial charge in [0, 0.05) is 5.38 Å². The highest BCUT2D eigenvalue weighted by Crippen LogP contribution is 2.38. The van der Waals surface area contributed by atoms with E-state index in [1.807, 2.05) is 0 Å². The lowest BCUT2D eigenvalue weighted by Gasteiger charge is -2.18. The van der Waals surface area contributed by atoms with Gasteiger partial charge in [-0.15, -0.1) is 0 Å². The summed E-state index contributed by atoms with van der Waals surface area (Å²) in [5, 5.41) is 14.9. The molecule has 2 atom stereocenters. The van der Waals surface area contributed by atoms with Gasteiger partial charge in [0.05, 0.1) is 5.30 Å². The molecule has 3 N–H and O–H groups in total. The standard InChI is InChI=1S/C12H12NO4PS/c14-12(15)11(9-4-2-1-3-5-9)13-18(16,17)10-6-7-19-8-10/h1-8,11H,(H,14,15)(H2,13,16,17). The fourth-order valence-corrected chi connectivity index (χ4v) is 4.01. The second-order valence-electron chi connectivity index (χ2n) is 3.87. The third-order valence-corrected chi connectivity index (χ3v) is 4.98. The predicted molar refractivity (Wildman–Crippen MR) is 73.7 cm³/mol. The van der Waals surface area contributed by atoms with E-state index in [1.165, 1.54) is 22.8 Å². The molecule has 0 saturated heterocycles. The summed E-state index contributed by atoms with van der Waals surface area (Å²) in [5.74, 6) is -1.20. The molecule has 0 spiro atoms. The first-order valence-corrected chi connectivity index (χ1v) is 8.02. The average molecular weight is 297 g/mol. The van der Waals surface area contributed by atoms with Crippen LogP contribution in [0.3, 0.4) is 0 Å². The van der Waals surface area contributed by atoms with E-state index in [4.69, 9.17) is 0 Å². The van der Waals surface area contributed by atoms with Crippen LogP contribution >= 0.6 is 18.9 Å². The summed E-state index contributed by atoms with van der Waals surface area (Å²) in [6.07, 6.45) is 0. The Labute approximate surface area is 114 Å². The zero-order valence-corrected chi connectivity index (χ0v) is 11.5. The van der Waals surface area contributed by atoms with Crippen LogP contribution in [0.4, 0.5) is 0 Å². The van der Waals surface area contributed by atoms with Gasteiger partial charge in [0.2, 0.25) is 0 Å². The molecule has 2 rings (SSSR count). The Bertz CT molecular complexity index is 599. The van der Waals surface area contributed by atoms with Gasteiger partial charge in [-0.1, -0.05) is 30.3 Å². The Morgan fingerprint density at radius 2 is 1.95 bits per heavy atom. The highest BCUT2D eigenvalue weighted by atomic mass is 32.1. The fraction of sp³-hybridized carbons (Fsp3) is 0.0833. The minimum Gasteiger partial charge on any atom is -0.480 e. The van der Waals surface area contributed by atoms with Crippen LogP contribution in [0.25, 0.3) is 0 Å². The van der Waals surface area contributed by atoms with Crippen molar-refractivity contribution in [2.24, 2.45) is 0 Å². The summed E-state index contributed by atoms with van der Waals surface area (Å²) >= 11 is 1.28. The van der Waals surface area contributed by atoms with Crippen LogP contribution < -0.4 is 10.4 Å². The first kappa shape index (κ1) is 14.0. The van der Waals surface area contributed by atoms with Crippen LogP contribution in [0.2, 0.25) is 0 Å². The van der Waals surface area contributed by atoms with Crippen molar-refractivity contribution < 1.29 is 19.4 Å². The molecule has 5 nitrogen and oxygen atoms in total. The van der Waals surface area contributed by atoms with Crippen molar-refractivity contribution in [3.63, 3.8) is 0 Å². The van der Waals surface area contributed by atoms with Crippen LogP contribution in [0.15, 0.2) is 47.2 Å². The largest absolute Gasteiger partial charge is 0.480 e. The molecule has 0 aliphatic rings. The molecule has 2 unspecified atom stereocenters. The number of aliphatic carboxylic acids is 1. The molecule has 19 heavy (non-hydrogen) atoms. The molecule has 1 heterocycles. The van der Waals surface area contributed by atoms with Crippen molar-refractivity contribution in [2.45, 2.75) is 6.04 Å². The molecule has 7 heteroatoms. The second kappa shape index (κ2) is 5.67. The number of hydrogen-bond acceptors (Lipinski definition) is 3. The van der Waals surface area contributed by atoms with Gasteiger partial charge in [-0.25, -0.2) is 5.09 Å². The number of benzene rings is 1. The van der Waals surface area contributed by atoms with Crippen molar-refractivity contribution in [2.75, 3.05) is 0 Å². The summed E-state index contributed by atoms with van der Waals surface area (Å²) < 4.78 is 12.2. The summed E-state index contributed by atoms with van der Waals surface area (Å²) in [4.78, 5) is 21.2. The number of thiophene rings is 1. The molecule has 0 bridgehead atoms. The molecule has 0 saturated carbocycles. The Morgan fingerprint density at radius 1 is 1.26 bits per heavy atom. The molecule has 0 radical (unpaired) electrons. The van der Waals surface area contributed by atoms with Crippen molar-refractivity contribution in [3.05, 3.63) is 52.7 Å². The van der Waals surface area contributed by atoms with Crippen molar-refractivity contribution in [1.82, 2.24) is 5.09 Å². The van der Waals surface area contributed by atoms with Crippen LogP contribution in [0.5, 0.6) is 0 Å². The van der Waals surface area contributed by atoms with Gasteiger partial charge in [-0.2, -0.15) is 11.3 Å². The maximum Gasteiger partial charge on any atom is 0.325 e. The lowest BCUT2D eigenvalue weighted by molar-refractivity contribution is -0.139. The minimum absolute atomic E-state index is 0.208. The van der Waals surface area contributed by atoms with Crippen molar-refractivity contribution >= 4 is 30.1 Å². The number of carbonyl (C=O) groups is 1. The van der Waals surface area contributed by atoms with E-state index < -0.39 is 19.5 Å². The van der Waals surface area contributed by atoms with Gasteiger partial charge in [-0.05, 0) is 17.0 Å². The molecule has 0 aliphatic carbocycles. The average Bonchev–Trinajstić information content (AvgIpc) is 2.91. The van der Waals surface area contributed by atoms with E-state index in [0.29, 0.717) is 5.56 Å². The molecular formula is C12H12NO4PS. The number of carboxylic acid groups (broad SMARTS) is 1. The van der Waals surface area contributed by atoms with Gasteiger partial charge in [0.25, 0.3) is 7.52 Å². The van der Waals surface area contributed by atoms with E-state index in [-0.39, 0.29) is 5.30 Å². The molecular weight excluding hydrogens is 285 g/mol. The zero-order valence-electron chi connectivity index (χ0n) is 9.76. The number of carboxylic acids is 1. The fourth-order valence-electron chi connectivity index (χ4n) is 1.60. The number of rotatable bonds is 5. The van der Waals surface area contributed by atoms with Crippen LogP contribution in [0.1, 0.15) is 11.6 Å². The first-order chi connectivity index (χ1) is 9.00. The summed E-state index contributed by atoms with van der Waals surface area (Å²) in [5.41, 5.74) is 0.430. The van der Waals surface area contributed by atoms with Gasteiger partial charge in [0.15, 0.2) is 0 Å². The van der Waals surface area contributed by atoms with Gasteiger partial charge >= 0.3 is 5.97 Å². The zero-order chi connectivity index (χ0) is 13.9. The summed E-state index contributed by atoms with van der Waals surface area (Å²) in [6, 6.07) is 8.58. The highest BCUT2D eigenvalue weighted by molar-refractivity contribution is 7.64. The molecule has 0 amide bonds. The van der Waals surface area contributed by atoms with E-state index in [2.05, 4.69) is 5.09 Å². The molecule has 2 aromatic rings. The number of nitrogens with one attached hydrogen (secondary N) is 1. The van der Waals surface area contributed by atoms with Crippen LogP contribution in [-0.2, 0) is 9.36 Å². The van der Waals surface area contributed by atoms with Crippen molar-refractivity contribution in [1.29, 1.82) is 0 Å². The smallest absolute Gasteiger partial charge is 0.325 e. The van der Waals surface area contributed by atoms with E-state index in [9.17, 15) is 19.4 Å². The van der Waals surface area contributed by atoms with Crippen LogP contribution in [0, 0.1) is 0 Å². The molecule has 0 aliphatic heterocycles. The quantitative estimate of drug-likeness (QED) is 0.735. The normalized spacial score (nSPS) is 15.6. The molecule has 1 aromatic carbocycles. The lowest BCUT2D eigenvalue weighted by atomic mass is 10.1. The Balaban J connectivity index is 2.28. The van der Waals surface area contributed by atoms with Crippen molar-refractivity contribution in [3.8, 4) is 0 Å². The van der Waals surface area contributed by atoms with Gasteiger partial charge < -0.3 is 10.00 Å². The Morgan fingerprint density at radius 3 is 2.47 bits per heavy atom. The molecule has 0 fully saturated rings. The van der Waals surface area contributed by atoms with Gasteiger partial charge in [-0.3, -0.25) is 9.36 Å². The van der Waals surface area contributed by atoms with Gasteiger partial charge in [0.1, 0.15) is 6.04 Å². The second-order valence-corrected chi connectivity index (χ2v) is 6.58. The maximum absolute atomic E-state index is 12.2. The first-order valence-electron chi connectivity index (χ1n) is 5.42. The molecule has 1 aromatic heterocycles. The summed E-state index contributed by atoms with van der Waals surface area (Å²) in [6.45, 7) is 0. The summed E-state index contributed by atoms with van der Waals surface area (Å²) in [7, 11) is -3.89. The minimum atomic E-state index is -3.89. The lowest BCUT2D eigenvalue weighted by Crippen LogP contribution is -2.29. The third kappa shape index (κ3) is 3.30. The molecule has 100 valence electrons. The maximum atomic E-state index is 12.2. The topological polar surface area (TPSA) is 86.6 Å². The van der Waals surface area contributed by atoms with E-state index in [1.54, 1.807) is 35.7 Å². The SMILES string of the molecule is O=C(O)C(NP(=O)(O)c1ccsc1)c1ccccc1.